The third-order valence-electron chi connectivity index (χ3n) is 6.29. The number of hydrogen-bond donors (Lipinski definition) is 1. The van der Waals surface area contributed by atoms with Gasteiger partial charge in [0.25, 0.3) is 5.91 Å². The number of benzene rings is 3. The van der Waals surface area contributed by atoms with Crippen molar-refractivity contribution in [2.24, 2.45) is 0 Å². The second-order valence-corrected chi connectivity index (χ2v) is 9.24. The average molecular weight is 511 g/mol. The number of rotatable bonds is 6. The van der Waals surface area contributed by atoms with Gasteiger partial charge in [0.05, 0.1) is 22.3 Å². The summed E-state index contributed by atoms with van der Waals surface area (Å²) in [5.74, 6) is -1.15. The van der Waals surface area contributed by atoms with Crippen LogP contribution in [0.2, 0.25) is 5.02 Å². The summed E-state index contributed by atoms with van der Waals surface area (Å²) >= 11 is 5.99. The second kappa shape index (κ2) is 10.8. The van der Waals surface area contributed by atoms with E-state index in [1.807, 2.05) is 48.5 Å². The summed E-state index contributed by atoms with van der Waals surface area (Å²) in [6.07, 6.45) is 0.708. The van der Waals surface area contributed by atoms with Crippen molar-refractivity contribution in [1.29, 1.82) is 5.26 Å². The summed E-state index contributed by atoms with van der Waals surface area (Å²) < 4.78 is 5.48. The molecule has 0 aliphatic carbocycles. The van der Waals surface area contributed by atoms with E-state index in [4.69, 9.17) is 21.3 Å². The van der Waals surface area contributed by atoms with Gasteiger partial charge in [-0.1, -0.05) is 60.1 Å². The van der Waals surface area contributed by atoms with Crippen LogP contribution in [0, 0.1) is 11.3 Å². The van der Waals surface area contributed by atoms with Crippen LogP contribution >= 0.6 is 11.6 Å². The van der Waals surface area contributed by atoms with Gasteiger partial charge in [0.15, 0.2) is 6.61 Å². The lowest BCUT2D eigenvalue weighted by atomic mass is 9.95. The number of nitrogens with zero attached hydrogens (tertiary/aromatic N) is 3. The Morgan fingerprint density at radius 2 is 1.86 bits per heavy atom. The van der Waals surface area contributed by atoms with Gasteiger partial charge in [0.2, 0.25) is 0 Å². The molecular formula is C29H23ClN4O3. The van der Waals surface area contributed by atoms with Gasteiger partial charge in [-0.2, -0.15) is 5.26 Å². The van der Waals surface area contributed by atoms with Gasteiger partial charge in [0, 0.05) is 47.7 Å². The first-order chi connectivity index (χ1) is 18.0. The Morgan fingerprint density at radius 3 is 2.68 bits per heavy atom. The normalized spacial score (nSPS) is 13.0. The molecule has 0 bridgehead atoms. The molecule has 0 atom stereocenters. The zero-order valence-electron chi connectivity index (χ0n) is 19.9. The van der Waals surface area contributed by atoms with E-state index < -0.39 is 18.5 Å². The highest BCUT2D eigenvalue weighted by Crippen LogP contribution is 2.29. The lowest BCUT2D eigenvalue weighted by molar-refractivity contribution is -0.119. The van der Waals surface area contributed by atoms with Crippen LogP contribution in [-0.2, 0) is 29.0 Å². The third kappa shape index (κ3) is 5.46. The zero-order valence-corrected chi connectivity index (χ0v) is 20.7. The lowest BCUT2D eigenvalue weighted by Crippen LogP contribution is -2.32. The summed E-state index contributed by atoms with van der Waals surface area (Å²) in [5, 5.41) is 12.9. The maximum Gasteiger partial charge on any atom is 0.339 e. The molecular weight excluding hydrogens is 488 g/mol. The minimum atomic E-state index is -0.585. The molecule has 7 nitrogen and oxygen atoms in total. The van der Waals surface area contributed by atoms with Crippen molar-refractivity contribution < 1.29 is 14.3 Å². The Bertz CT molecular complexity index is 1530. The zero-order chi connectivity index (χ0) is 25.8. The quantitative estimate of drug-likeness (QED) is 0.362. The Kier molecular flexibility index (Phi) is 7.13. The Hall–Kier alpha value is -4.25. The second-order valence-electron chi connectivity index (χ2n) is 8.80. The van der Waals surface area contributed by atoms with E-state index in [9.17, 15) is 14.9 Å². The number of aromatic nitrogens is 1. The van der Waals surface area contributed by atoms with Crippen LogP contribution < -0.4 is 5.32 Å². The Morgan fingerprint density at radius 1 is 1.08 bits per heavy atom. The van der Waals surface area contributed by atoms with E-state index in [0.29, 0.717) is 34.5 Å². The predicted octanol–water partition coefficient (Wildman–Crippen LogP) is 5.11. The van der Waals surface area contributed by atoms with Crippen molar-refractivity contribution >= 4 is 40.1 Å². The number of esters is 1. The van der Waals surface area contributed by atoms with Gasteiger partial charge in [-0.25, -0.2) is 4.79 Å². The minimum absolute atomic E-state index is 0.261. The summed E-state index contributed by atoms with van der Waals surface area (Å²) in [7, 11) is 0. The molecule has 0 unspecified atom stereocenters. The fourth-order valence-electron chi connectivity index (χ4n) is 4.56. The van der Waals surface area contributed by atoms with Crippen molar-refractivity contribution in [1.82, 2.24) is 9.88 Å². The molecule has 5 rings (SSSR count). The molecule has 2 heterocycles. The van der Waals surface area contributed by atoms with E-state index in [-0.39, 0.29) is 11.3 Å². The molecule has 1 amide bonds. The molecule has 1 aliphatic heterocycles. The van der Waals surface area contributed by atoms with E-state index in [1.54, 1.807) is 6.07 Å². The van der Waals surface area contributed by atoms with Gasteiger partial charge < -0.3 is 10.1 Å². The summed E-state index contributed by atoms with van der Waals surface area (Å²) in [4.78, 5) is 33.1. The molecule has 0 spiro atoms. The van der Waals surface area contributed by atoms with Crippen LogP contribution in [-0.4, -0.2) is 34.9 Å². The number of carbonyl (C=O) groups excluding carboxylic acids is 2. The largest absolute Gasteiger partial charge is 0.452 e. The van der Waals surface area contributed by atoms with Gasteiger partial charge >= 0.3 is 5.97 Å². The van der Waals surface area contributed by atoms with E-state index in [2.05, 4.69) is 22.3 Å². The standard InChI is InChI=1S/C29H23ClN4O3/c30-21-11-10-20(15-31)26(14-21)33-27(35)18-37-29(36)28-22-8-4-5-9-24(22)32-25-12-13-34(17-23(25)28)16-19-6-2-1-3-7-19/h1-11,14H,12-13,16-18H2,(H,33,35). The van der Waals surface area contributed by atoms with E-state index in [0.717, 1.165) is 24.3 Å². The molecule has 0 saturated heterocycles. The first-order valence-electron chi connectivity index (χ1n) is 11.8. The van der Waals surface area contributed by atoms with Crippen molar-refractivity contribution in [3.8, 4) is 6.07 Å². The van der Waals surface area contributed by atoms with Gasteiger partial charge in [-0.05, 0) is 29.8 Å². The number of amides is 1. The van der Waals surface area contributed by atoms with Crippen LogP contribution in [0.25, 0.3) is 10.9 Å². The highest BCUT2D eigenvalue weighted by atomic mass is 35.5. The van der Waals surface area contributed by atoms with Crippen molar-refractivity contribution in [3.63, 3.8) is 0 Å². The number of anilines is 1. The highest BCUT2D eigenvalue weighted by Gasteiger charge is 2.27. The monoisotopic (exact) mass is 510 g/mol. The number of nitriles is 1. The molecule has 8 heteroatoms. The first-order valence-corrected chi connectivity index (χ1v) is 12.2. The lowest BCUT2D eigenvalue weighted by Gasteiger charge is -2.30. The average Bonchev–Trinajstić information content (AvgIpc) is 2.91. The molecule has 4 aromatic rings. The number of pyridine rings is 1. The topological polar surface area (TPSA) is 95.3 Å². The van der Waals surface area contributed by atoms with E-state index in [1.165, 1.54) is 17.7 Å². The molecule has 1 aromatic heterocycles. The predicted molar refractivity (Wildman–Crippen MR) is 141 cm³/mol. The van der Waals surface area contributed by atoms with Crippen molar-refractivity contribution in [2.75, 3.05) is 18.5 Å². The fraction of sp³-hybridized carbons (Fsp3) is 0.172. The van der Waals surface area contributed by atoms with Crippen molar-refractivity contribution in [2.45, 2.75) is 19.5 Å². The molecule has 0 fully saturated rings. The summed E-state index contributed by atoms with van der Waals surface area (Å²) in [6.45, 7) is 1.62. The van der Waals surface area contributed by atoms with Crippen LogP contribution in [0.4, 0.5) is 5.69 Å². The van der Waals surface area contributed by atoms with Gasteiger partial charge in [-0.15, -0.1) is 0 Å². The smallest absolute Gasteiger partial charge is 0.339 e. The van der Waals surface area contributed by atoms with Crippen LogP contribution in [0.1, 0.15) is 32.7 Å². The van der Waals surface area contributed by atoms with Crippen LogP contribution in [0.5, 0.6) is 0 Å². The molecule has 1 N–H and O–H groups in total. The maximum atomic E-state index is 13.4. The molecule has 3 aromatic carbocycles. The SMILES string of the molecule is N#Cc1ccc(Cl)cc1NC(=O)COC(=O)c1c2c(nc3ccccc13)CCN(Cc1ccccc1)C2. The number of halogens is 1. The van der Waals surface area contributed by atoms with Crippen LogP contribution in [0.3, 0.4) is 0 Å². The number of carbonyl (C=O) groups is 2. The number of fused-ring (bicyclic) bond motifs is 2. The fourth-order valence-corrected chi connectivity index (χ4v) is 4.73. The number of hydrogen-bond acceptors (Lipinski definition) is 6. The molecule has 37 heavy (non-hydrogen) atoms. The summed E-state index contributed by atoms with van der Waals surface area (Å²) in [6, 6.07) is 24.2. The summed E-state index contributed by atoms with van der Waals surface area (Å²) in [5.41, 5.74) is 4.57. The van der Waals surface area contributed by atoms with Gasteiger partial charge in [-0.3, -0.25) is 14.7 Å². The first kappa shape index (κ1) is 24.4. The van der Waals surface area contributed by atoms with Gasteiger partial charge in [0.1, 0.15) is 6.07 Å². The Balaban J connectivity index is 1.38. The number of ether oxygens (including phenoxy) is 1. The van der Waals surface area contributed by atoms with Crippen LogP contribution in [0.15, 0.2) is 72.8 Å². The molecule has 1 aliphatic rings. The third-order valence-corrected chi connectivity index (χ3v) is 6.52. The number of nitrogens with one attached hydrogen (secondary N) is 1. The highest BCUT2D eigenvalue weighted by molar-refractivity contribution is 6.31. The van der Waals surface area contributed by atoms with Crippen molar-refractivity contribution in [3.05, 3.63) is 106 Å². The Labute approximate surface area is 219 Å². The molecule has 0 radical (unpaired) electrons. The molecule has 0 saturated carbocycles. The minimum Gasteiger partial charge on any atom is -0.452 e. The number of para-hydroxylation sites is 1. The molecule has 184 valence electrons. The maximum absolute atomic E-state index is 13.4. The van der Waals surface area contributed by atoms with E-state index >= 15 is 0 Å².